The molecule has 25 heavy (non-hydrogen) atoms. The summed E-state index contributed by atoms with van der Waals surface area (Å²) in [6.07, 6.45) is 1.29. The van der Waals surface area contributed by atoms with Crippen LogP contribution >= 0.6 is 11.3 Å². The molecule has 132 valence electrons. The third kappa shape index (κ3) is 4.27. The molecule has 6 nitrogen and oxygen atoms in total. The van der Waals surface area contributed by atoms with Crippen LogP contribution in [-0.2, 0) is 17.8 Å². The molecular weight excluding hydrogens is 334 g/mol. The zero-order valence-electron chi connectivity index (χ0n) is 14.7. The van der Waals surface area contributed by atoms with Gasteiger partial charge in [-0.15, -0.1) is 11.3 Å². The molecule has 0 aromatic carbocycles. The number of hydrogen-bond acceptors (Lipinski definition) is 5. The summed E-state index contributed by atoms with van der Waals surface area (Å²) in [5.74, 6) is 0.225. The van der Waals surface area contributed by atoms with E-state index in [1.807, 2.05) is 30.9 Å². The van der Waals surface area contributed by atoms with Crippen LogP contribution in [0.1, 0.15) is 33.1 Å². The Morgan fingerprint density at radius 1 is 1.32 bits per heavy atom. The van der Waals surface area contributed by atoms with Crippen LogP contribution in [0.2, 0.25) is 0 Å². The molecule has 1 N–H and O–H groups in total. The lowest BCUT2D eigenvalue weighted by Crippen LogP contribution is -2.48. The third-order valence-corrected chi connectivity index (χ3v) is 5.72. The molecule has 1 amide bonds. The highest BCUT2D eigenvalue weighted by atomic mass is 32.1. The van der Waals surface area contributed by atoms with Gasteiger partial charge in [-0.2, -0.15) is 10.4 Å². The fourth-order valence-electron chi connectivity index (χ4n) is 3.23. The largest absolute Gasteiger partial charge is 0.340 e. The zero-order valence-corrected chi connectivity index (χ0v) is 15.5. The summed E-state index contributed by atoms with van der Waals surface area (Å²) >= 11 is 1.55. The minimum absolute atomic E-state index is 0.225. The number of piperazine rings is 1. The zero-order chi connectivity index (χ0) is 17.8. The van der Waals surface area contributed by atoms with Crippen LogP contribution in [-0.4, -0.2) is 52.1 Å². The summed E-state index contributed by atoms with van der Waals surface area (Å²) in [6, 6.07) is 6.08. The molecule has 7 heteroatoms. The Labute approximate surface area is 152 Å². The minimum atomic E-state index is 0.225. The van der Waals surface area contributed by atoms with Gasteiger partial charge in [0.2, 0.25) is 5.91 Å². The van der Waals surface area contributed by atoms with E-state index in [-0.39, 0.29) is 5.91 Å². The van der Waals surface area contributed by atoms with Gasteiger partial charge in [0.05, 0.1) is 5.69 Å². The van der Waals surface area contributed by atoms with E-state index in [2.05, 4.69) is 21.2 Å². The molecule has 0 bridgehead atoms. The first-order valence-electron chi connectivity index (χ1n) is 8.56. The van der Waals surface area contributed by atoms with Crippen LogP contribution in [0.25, 0.3) is 0 Å². The maximum absolute atomic E-state index is 12.5. The molecule has 0 saturated carbocycles. The summed E-state index contributed by atoms with van der Waals surface area (Å²) in [5.41, 5.74) is 3.21. The molecule has 0 radical (unpaired) electrons. The standard InChI is InChI=1S/C18H23N5OS/c1-13-17(14(2)21-20-13)5-6-18(24)23-9-7-22(8-10-23)12-16-4-3-15(11-19)25-16/h3-4H,5-10,12H2,1-2H3,(H,20,21). The van der Waals surface area contributed by atoms with Crippen molar-refractivity contribution in [3.8, 4) is 6.07 Å². The molecule has 1 aliphatic heterocycles. The van der Waals surface area contributed by atoms with E-state index >= 15 is 0 Å². The lowest BCUT2D eigenvalue weighted by atomic mass is 10.1. The number of thiophene rings is 1. The van der Waals surface area contributed by atoms with Gasteiger partial charge in [0.15, 0.2) is 0 Å². The van der Waals surface area contributed by atoms with E-state index in [1.165, 1.54) is 4.88 Å². The Morgan fingerprint density at radius 3 is 2.68 bits per heavy atom. The minimum Gasteiger partial charge on any atom is -0.340 e. The summed E-state index contributed by atoms with van der Waals surface area (Å²) in [4.78, 5) is 18.8. The van der Waals surface area contributed by atoms with E-state index in [4.69, 9.17) is 5.26 Å². The van der Waals surface area contributed by atoms with Crippen molar-refractivity contribution in [2.24, 2.45) is 0 Å². The van der Waals surface area contributed by atoms with Crippen molar-refractivity contribution in [3.05, 3.63) is 38.8 Å². The SMILES string of the molecule is Cc1n[nH]c(C)c1CCC(=O)N1CCN(Cc2ccc(C#N)s2)CC1. The maximum Gasteiger partial charge on any atom is 0.222 e. The number of aryl methyl sites for hydroxylation is 2. The van der Waals surface area contributed by atoms with E-state index in [0.29, 0.717) is 6.42 Å². The average Bonchev–Trinajstić information content (AvgIpc) is 3.20. The monoisotopic (exact) mass is 357 g/mol. The molecule has 0 spiro atoms. The number of nitriles is 1. The third-order valence-electron chi connectivity index (χ3n) is 4.75. The first-order valence-corrected chi connectivity index (χ1v) is 9.38. The highest BCUT2D eigenvalue weighted by Crippen LogP contribution is 2.19. The number of carbonyl (C=O) groups excluding carboxylic acids is 1. The second-order valence-electron chi connectivity index (χ2n) is 6.45. The van der Waals surface area contributed by atoms with E-state index in [1.54, 1.807) is 11.3 Å². The molecule has 0 atom stereocenters. The number of rotatable bonds is 5. The number of aromatic nitrogens is 2. The van der Waals surface area contributed by atoms with Gasteiger partial charge in [0, 0.05) is 49.7 Å². The van der Waals surface area contributed by atoms with Gasteiger partial charge in [-0.1, -0.05) is 0 Å². The van der Waals surface area contributed by atoms with Crippen LogP contribution < -0.4 is 0 Å². The summed E-state index contributed by atoms with van der Waals surface area (Å²) in [5, 5.41) is 16.1. The number of aromatic amines is 1. The number of carbonyl (C=O) groups is 1. The first-order chi connectivity index (χ1) is 12.1. The molecule has 2 aromatic heterocycles. The van der Waals surface area contributed by atoms with Gasteiger partial charge in [-0.05, 0) is 38.0 Å². The maximum atomic E-state index is 12.5. The van der Waals surface area contributed by atoms with Gasteiger partial charge in [0.1, 0.15) is 10.9 Å². The Balaban J connectivity index is 1.45. The van der Waals surface area contributed by atoms with Crippen LogP contribution in [0.15, 0.2) is 12.1 Å². The molecule has 1 saturated heterocycles. The van der Waals surface area contributed by atoms with Crippen molar-refractivity contribution < 1.29 is 4.79 Å². The van der Waals surface area contributed by atoms with Crippen molar-refractivity contribution in [3.63, 3.8) is 0 Å². The van der Waals surface area contributed by atoms with Gasteiger partial charge in [-0.25, -0.2) is 0 Å². The Morgan fingerprint density at radius 2 is 2.08 bits per heavy atom. The Bertz CT molecular complexity index is 760. The summed E-state index contributed by atoms with van der Waals surface area (Å²) < 4.78 is 0. The molecule has 2 aromatic rings. The summed E-state index contributed by atoms with van der Waals surface area (Å²) in [6.45, 7) is 8.16. The van der Waals surface area contributed by atoms with Crippen LogP contribution in [0, 0.1) is 25.2 Å². The number of amides is 1. The van der Waals surface area contributed by atoms with Crippen molar-refractivity contribution in [2.75, 3.05) is 26.2 Å². The Kier molecular flexibility index (Phi) is 5.51. The van der Waals surface area contributed by atoms with Gasteiger partial charge in [0.25, 0.3) is 0 Å². The number of hydrogen-bond donors (Lipinski definition) is 1. The van der Waals surface area contributed by atoms with Crippen LogP contribution in [0.3, 0.4) is 0 Å². The molecule has 0 unspecified atom stereocenters. The van der Waals surface area contributed by atoms with Gasteiger partial charge < -0.3 is 4.90 Å². The number of H-pyrrole nitrogens is 1. The second kappa shape index (κ2) is 7.81. The summed E-state index contributed by atoms with van der Waals surface area (Å²) in [7, 11) is 0. The first kappa shape index (κ1) is 17.6. The quantitative estimate of drug-likeness (QED) is 0.890. The van der Waals surface area contributed by atoms with Crippen LogP contribution in [0.5, 0.6) is 0 Å². The molecule has 1 aliphatic rings. The molecule has 0 aliphatic carbocycles. The van der Waals surface area contributed by atoms with Crippen molar-refractivity contribution in [1.29, 1.82) is 5.26 Å². The molecular formula is C18H23N5OS. The highest BCUT2D eigenvalue weighted by Gasteiger charge is 2.21. The van der Waals surface area contributed by atoms with Crippen molar-refractivity contribution in [2.45, 2.75) is 33.2 Å². The normalized spacial score (nSPS) is 15.3. The Hall–Kier alpha value is -2.17. The fourth-order valence-corrected chi connectivity index (χ4v) is 4.08. The van der Waals surface area contributed by atoms with Gasteiger partial charge >= 0.3 is 0 Å². The number of nitrogens with zero attached hydrogens (tertiary/aromatic N) is 4. The highest BCUT2D eigenvalue weighted by molar-refractivity contribution is 7.12. The lowest BCUT2D eigenvalue weighted by molar-refractivity contribution is -0.132. The van der Waals surface area contributed by atoms with E-state index < -0.39 is 0 Å². The number of nitrogens with one attached hydrogen (secondary N) is 1. The van der Waals surface area contributed by atoms with Crippen LogP contribution in [0.4, 0.5) is 0 Å². The van der Waals surface area contributed by atoms with Crippen molar-refractivity contribution >= 4 is 17.2 Å². The smallest absolute Gasteiger partial charge is 0.222 e. The average molecular weight is 357 g/mol. The molecule has 1 fully saturated rings. The molecule has 3 heterocycles. The lowest BCUT2D eigenvalue weighted by Gasteiger charge is -2.34. The predicted octanol–water partition coefficient (Wildman–Crippen LogP) is 2.24. The van der Waals surface area contributed by atoms with E-state index in [0.717, 1.165) is 61.0 Å². The predicted molar refractivity (Wildman–Crippen MR) is 97.3 cm³/mol. The topological polar surface area (TPSA) is 76.0 Å². The molecule has 3 rings (SSSR count). The van der Waals surface area contributed by atoms with E-state index in [9.17, 15) is 4.79 Å². The van der Waals surface area contributed by atoms with Gasteiger partial charge in [-0.3, -0.25) is 14.8 Å². The fraction of sp³-hybridized carbons (Fsp3) is 0.500. The second-order valence-corrected chi connectivity index (χ2v) is 7.62. The van der Waals surface area contributed by atoms with Crippen molar-refractivity contribution in [1.82, 2.24) is 20.0 Å².